The van der Waals surface area contributed by atoms with E-state index < -0.39 is 11.9 Å². The van der Waals surface area contributed by atoms with Crippen LogP contribution in [0.3, 0.4) is 0 Å². The Labute approximate surface area is 92.0 Å². The predicted octanol–water partition coefficient (Wildman–Crippen LogP) is 2.66. The van der Waals surface area contributed by atoms with Crippen LogP contribution >= 0.6 is 11.6 Å². The van der Waals surface area contributed by atoms with Gasteiger partial charge in [-0.05, 0) is 13.0 Å². The molecule has 80 valence electrons. The highest BCUT2D eigenvalue weighted by molar-refractivity contribution is 6.30. The van der Waals surface area contributed by atoms with Gasteiger partial charge < -0.3 is 5.11 Å². The van der Waals surface area contributed by atoms with E-state index in [1.54, 1.807) is 0 Å². The summed E-state index contributed by atoms with van der Waals surface area (Å²) >= 11 is 5.54. The zero-order valence-electron chi connectivity index (χ0n) is 8.13. The van der Waals surface area contributed by atoms with Crippen molar-refractivity contribution >= 4 is 17.4 Å². The highest BCUT2D eigenvalue weighted by Gasteiger charge is 2.19. The second-order valence-corrected chi connectivity index (χ2v) is 3.53. The van der Waals surface area contributed by atoms with Gasteiger partial charge >= 0.3 is 0 Å². The Hall–Kier alpha value is -1.19. The van der Waals surface area contributed by atoms with Gasteiger partial charge in [0.25, 0.3) is 0 Å². The van der Waals surface area contributed by atoms with Gasteiger partial charge in [0.1, 0.15) is 11.9 Å². The lowest BCUT2D eigenvalue weighted by molar-refractivity contribution is -0.114. The third kappa shape index (κ3) is 2.43. The van der Waals surface area contributed by atoms with Crippen LogP contribution in [0.1, 0.15) is 18.6 Å². The zero-order valence-corrected chi connectivity index (χ0v) is 8.88. The number of rotatable bonds is 3. The first kappa shape index (κ1) is 11.9. The molecule has 0 saturated carbocycles. The quantitative estimate of drug-likeness (QED) is 0.808. The fraction of sp³-hybridized carbons (Fsp3) is 0.182. The molecular formula is C11H10ClFO2. The summed E-state index contributed by atoms with van der Waals surface area (Å²) in [6.45, 7) is 4.65. The van der Waals surface area contributed by atoms with Gasteiger partial charge in [0.2, 0.25) is 0 Å². The first-order valence-corrected chi connectivity index (χ1v) is 4.64. The fourth-order valence-corrected chi connectivity index (χ4v) is 1.29. The Morgan fingerprint density at radius 3 is 2.73 bits per heavy atom. The van der Waals surface area contributed by atoms with E-state index in [1.807, 2.05) is 0 Å². The molecule has 0 radical (unpaired) electrons. The van der Waals surface area contributed by atoms with E-state index in [9.17, 15) is 14.3 Å². The SMILES string of the molecule is C=C(C(C)=O)C(O)c1cccc(Cl)c1F. The molecule has 0 bridgehead atoms. The van der Waals surface area contributed by atoms with Crippen molar-refractivity contribution in [3.05, 3.63) is 46.8 Å². The van der Waals surface area contributed by atoms with Gasteiger partial charge in [-0.3, -0.25) is 4.79 Å². The van der Waals surface area contributed by atoms with Crippen LogP contribution < -0.4 is 0 Å². The van der Waals surface area contributed by atoms with Crippen molar-refractivity contribution in [1.82, 2.24) is 0 Å². The Balaban J connectivity index is 3.12. The lowest BCUT2D eigenvalue weighted by Gasteiger charge is -2.13. The molecule has 1 N–H and O–H groups in total. The summed E-state index contributed by atoms with van der Waals surface area (Å²) in [6.07, 6.45) is -1.35. The molecular weight excluding hydrogens is 219 g/mol. The molecule has 1 atom stereocenters. The third-order valence-corrected chi connectivity index (χ3v) is 2.35. The smallest absolute Gasteiger partial charge is 0.158 e. The number of ketones is 1. The molecule has 0 aliphatic heterocycles. The van der Waals surface area contributed by atoms with E-state index in [0.717, 1.165) is 0 Å². The monoisotopic (exact) mass is 228 g/mol. The second-order valence-electron chi connectivity index (χ2n) is 3.13. The number of halogens is 2. The van der Waals surface area contributed by atoms with E-state index in [1.165, 1.54) is 25.1 Å². The molecule has 0 aliphatic rings. The van der Waals surface area contributed by atoms with Crippen LogP contribution in [0.2, 0.25) is 5.02 Å². The summed E-state index contributed by atoms with van der Waals surface area (Å²) in [4.78, 5) is 10.9. The van der Waals surface area contributed by atoms with Crippen molar-refractivity contribution in [2.45, 2.75) is 13.0 Å². The number of hydrogen-bond donors (Lipinski definition) is 1. The molecule has 0 aliphatic carbocycles. The minimum absolute atomic E-state index is 0.0392. The molecule has 15 heavy (non-hydrogen) atoms. The normalized spacial score (nSPS) is 12.3. The molecule has 1 rings (SSSR count). The standard InChI is InChI=1S/C11H10ClFO2/c1-6(7(2)14)11(15)8-4-3-5-9(12)10(8)13/h3-5,11,15H,1H2,2H3. The molecule has 1 aromatic carbocycles. The van der Waals surface area contributed by atoms with Crippen molar-refractivity contribution in [3.8, 4) is 0 Å². The molecule has 2 nitrogen and oxygen atoms in total. The Bertz CT molecular complexity index is 415. The van der Waals surface area contributed by atoms with E-state index in [2.05, 4.69) is 6.58 Å². The highest BCUT2D eigenvalue weighted by atomic mass is 35.5. The predicted molar refractivity (Wildman–Crippen MR) is 56.2 cm³/mol. The van der Waals surface area contributed by atoms with Gasteiger partial charge in [0.05, 0.1) is 5.02 Å². The fourth-order valence-electron chi connectivity index (χ4n) is 1.11. The number of carbonyl (C=O) groups is 1. The topological polar surface area (TPSA) is 37.3 Å². The van der Waals surface area contributed by atoms with Crippen molar-refractivity contribution in [2.75, 3.05) is 0 Å². The van der Waals surface area contributed by atoms with E-state index in [4.69, 9.17) is 11.6 Å². The van der Waals surface area contributed by atoms with Crippen LogP contribution in [-0.4, -0.2) is 10.9 Å². The summed E-state index contributed by atoms with van der Waals surface area (Å²) in [5, 5.41) is 9.55. The first-order chi connectivity index (χ1) is 6.95. The maximum atomic E-state index is 13.4. The van der Waals surface area contributed by atoms with Crippen molar-refractivity contribution in [3.63, 3.8) is 0 Å². The van der Waals surface area contributed by atoms with Gasteiger partial charge in [-0.2, -0.15) is 0 Å². The summed E-state index contributed by atoms with van der Waals surface area (Å²) in [6, 6.07) is 4.22. The average molecular weight is 229 g/mol. The van der Waals surface area contributed by atoms with Crippen LogP contribution in [-0.2, 0) is 4.79 Å². The largest absolute Gasteiger partial charge is 0.383 e. The van der Waals surface area contributed by atoms with E-state index in [-0.39, 0.29) is 21.9 Å². The van der Waals surface area contributed by atoms with E-state index in [0.29, 0.717) is 0 Å². The lowest BCUT2D eigenvalue weighted by Crippen LogP contribution is -2.09. The minimum atomic E-state index is -1.35. The number of carbonyl (C=O) groups excluding carboxylic acids is 1. The number of Topliss-reactive ketones (excluding diaryl/α,β-unsaturated/α-hetero) is 1. The minimum Gasteiger partial charge on any atom is -0.383 e. The Morgan fingerprint density at radius 1 is 1.60 bits per heavy atom. The van der Waals surface area contributed by atoms with Crippen LogP contribution in [0, 0.1) is 5.82 Å². The summed E-state index contributed by atoms with van der Waals surface area (Å²) in [7, 11) is 0. The second kappa shape index (κ2) is 4.55. The molecule has 0 saturated heterocycles. The summed E-state index contributed by atoms with van der Waals surface area (Å²) in [5.74, 6) is -1.11. The van der Waals surface area contributed by atoms with Crippen molar-refractivity contribution in [1.29, 1.82) is 0 Å². The molecule has 1 unspecified atom stereocenters. The molecule has 0 heterocycles. The number of hydrogen-bond acceptors (Lipinski definition) is 2. The van der Waals surface area contributed by atoms with Crippen LogP contribution in [0.5, 0.6) is 0 Å². The average Bonchev–Trinajstić information content (AvgIpc) is 2.20. The zero-order chi connectivity index (χ0) is 11.6. The third-order valence-electron chi connectivity index (χ3n) is 2.06. The maximum absolute atomic E-state index is 13.4. The summed E-state index contributed by atoms with van der Waals surface area (Å²) in [5.41, 5.74) is -0.0983. The van der Waals surface area contributed by atoms with E-state index >= 15 is 0 Å². The molecule has 0 amide bonds. The number of benzene rings is 1. The molecule has 4 heteroatoms. The highest BCUT2D eigenvalue weighted by Crippen LogP contribution is 2.27. The molecule has 0 aromatic heterocycles. The van der Waals surface area contributed by atoms with Crippen LogP contribution in [0.25, 0.3) is 0 Å². The maximum Gasteiger partial charge on any atom is 0.158 e. The van der Waals surface area contributed by atoms with Crippen molar-refractivity contribution in [2.24, 2.45) is 0 Å². The Morgan fingerprint density at radius 2 is 2.20 bits per heavy atom. The number of aliphatic hydroxyl groups is 1. The Kier molecular flexibility index (Phi) is 3.61. The van der Waals surface area contributed by atoms with Gasteiger partial charge in [-0.1, -0.05) is 30.3 Å². The summed E-state index contributed by atoms with van der Waals surface area (Å²) < 4.78 is 13.4. The molecule has 0 fully saturated rings. The molecule has 0 spiro atoms. The lowest BCUT2D eigenvalue weighted by atomic mass is 10.00. The van der Waals surface area contributed by atoms with Gasteiger partial charge in [-0.25, -0.2) is 4.39 Å². The molecule has 1 aromatic rings. The van der Waals surface area contributed by atoms with Gasteiger partial charge in [0, 0.05) is 11.1 Å². The van der Waals surface area contributed by atoms with Gasteiger partial charge in [-0.15, -0.1) is 0 Å². The van der Waals surface area contributed by atoms with Crippen LogP contribution in [0.15, 0.2) is 30.4 Å². The van der Waals surface area contributed by atoms with Crippen LogP contribution in [0.4, 0.5) is 4.39 Å². The van der Waals surface area contributed by atoms with Crippen molar-refractivity contribution < 1.29 is 14.3 Å². The number of aliphatic hydroxyl groups excluding tert-OH is 1. The first-order valence-electron chi connectivity index (χ1n) is 4.27. The van der Waals surface area contributed by atoms with Gasteiger partial charge in [0.15, 0.2) is 5.78 Å².